The van der Waals surface area contributed by atoms with E-state index < -0.39 is 12.1 Å². The molecule has 0 amide bonds. The van der Waals surface area contributed by atoms with E-state index >= 15 is 0 Å². The molecule has 3 rings (SSSR count). The number of rotatable bonds is 4. The van der Waals surface area contributed by atoms with E-state index in [0.717, 1.165) is 25.9 Å². The van der Waals surface area contributed by atoms with Gasteiger partial charge in [0, 0.05) is 24.5 Å². The summed E-state index contributed by atoms with van der Waals surface area (Å²) < 4.78 is 6.64. The first-order chi connectivity index (χ1) is 11.9. The zero-order valence-electron chi connectivity index (χ0n) is 14.2. The topological polar surface area (TPSA) is 105 Å². The predicted octanol–water partition coefficient (Wildman–Crippen LogP) is 2.51. The van der Waals surface area contributed by atoms with Gasteiger partial charge >= 0.3 is 12.1 Å². The highest BCUT2D eigenvalue weighted by Crippen LogP contribution is 2.25. The molecule has 1 saturated heterocycles. The lowest BCUT2D eigenvalue weighted by molar-refractivity contribution is 0.0684. The molecule has 0 spiro atoms. The Bertz CT molecular complexity index is 806. The van der Waals surface area contributed by atoms with E-state index in [4.69, 9.17) is 9.84 Å². The van der Waals surface area contributed by atoms with Gasteiger partial charge < -0.3 is 19.8 Å². The Morgan fingerprint density at radius 3 is 2.48 bits per heavy atom. The van der Waals surface area contributed by atoms with Gasteiger partial charge in [-0.05, 0) is 38.8 Å². The predicted molar refractivity (Wildman–Crippen MR) is 90.5 cm³/mol. The van der Waals surface area contributed by atoms with Gasteiger partial charge in [-0.25, -0.2) is 19.1 Å². The van der Waals surface area contributed by atoms with Gasteiger partial charge in [0.1, 0.15) is 17.5 Å². The number of likely N-dealkylation sites (tertiary alicyclic amines) is 1. The maximum Gasteiger partial charge on any atom is 0.417 e. The zero-order valence-corrected chi connectivity index (χ0v) is 14.2. The number of aromatic carboxylic acids is 1. The largest absolute Gasteiger partial charge is 0.489 e. The Hall–Kier alpha value is -2.61. The van der Waals surface area contributed by atoms with Crippen LogP contribution in [0, 0.1) is 0 Å². The van der Waals surface area contributed by atoms with E-state index in [1.807, 2.05) is 0 Å². The van der Waals surface area contributed by atoms with Crippen LogP contribution in [0.3, 0.4) is 0 Å². The fourth-order valence-electron chi connectivity index (χ4n) is 3.19. The van der Waals surface area contributed by atoms with Crippen LogP contribution in [0.25, 0.3) is 11.0 Å². The van der Waals surface area contributed by atoms with Gasteiger partial charge in [0.05, 0.1) is 6.20 Å². The maximum absolute atomic E-state index is 11.3. The van der Waals surface area contributed by atoms with Crippen LogP contribution in [0.5, 0.6) is 5.75 Å². The van der Waals surface area contributed by atoms with Crippen LogP contribution in [0.1, 0.15) is 37.2 Å². The first kappa shape index (κ1) is 17.2. The maximum atomic E-state index is 11.3. The first-order valence-corrected chi connectivity index (χ1v) is 8.25. The number of hydrogen-bond acceptors (Lipinski definition) is 5. The molecular weight excluding hydrogens is 326 g/mol. The second kappa shape index (κ2) is 6.72. The third-order valence-electron chi connectivity index (χ3n) is 4.53. The monoisotopic (exact) mass is 347 g/mol. The van der Waals surface area contributed by atoms with Gasteiger partial charge in [-0.3, -0.25) is 0 Å². The van der Waals surface area contributed by atoms with Crippen molar-refractivity contribution in [2.45, 2.75) is 38.8 Å². The summed E-state index contributed by atoms with van der Waals surface area (Å²) in [6, 6.07) is 3.46. The minimum Gasteiger partial charge on any atom is -0.489 e. The smallest absolute Gasteiger partial charge is 0.417 e. The number of aromatic nitrogens is 2. The zero-order chi connectivity index (χ0) is 18.1. The number of carboxylic acids is 1. The molecule has 0 atom stereocenters. The number of pyridine rings is 1. The van der Waals surface area contributed by atoms with Gasteiger partial charge in [-0.1, -0.05) is 0 Å². The van der Waals surface area contributed by atoms with Crippen LogP contribution < -0.4 is 4.74 Å². The lowest BCUT2D eigenvalue weighted by atomic mass is 10.1. The normalized spacial score (nSPS) is 16.4. The standard InChI is InChI=1S/C17H21N3O5/c1-10(2)19-5-3-12(4-6-19)25-13-7-11-8-14(16(21)22)20(17(23)24)15(11)18-9-13/h7-10,12H,3-6H2,1-2H3,(H,21,22)(H,23,24). The van der Waals surface area contributed by atoms with Crippen molar-refractivity contribution in [1.82, 2.24) is 14.5 Å². The molecule has 0 aliphatic carbocycles. The minimum atomic E-state index is -1.38. The Balaban J connectivity index is 1.80. The Labute approximate surface area is 144 Å². The van der Waals surface area contributed by atoms with Crippen molar-refractivity contribution in [3.8, 4) is 5.75 Å². The van der Waals surface area contributed by atoms with E-state index in [-0.39, 0.29) is 17.4 Å². The fourth-order valence-corrected chi connectivity index (χ4v) is 3.19. The summed E-state index contributed by atoms with van der Waals surface area (Å²) in [6.07, 6.45) is 1.96. The van der Waals surface area contributed by atoms with Crippen molar-refractivity contribution in [1.29, 1.82) is 0 Å². The minimum absolute atomic E-state index is 0.0785. The lowest BCUT2D eigenvalue weighted by Gasteiger charge is -2.34. The van der Waals surface area contributed by atoms with Gasteiger partial charge in [0.2, 0.25) is 0 Å². The molecule has 134 valence electrons. The summed E-state index contributed by atoms with van der Waals surface area (Å²) in [4.78, 5) is 29.0. The third-order valence-corrected chi connectivity index (χ3v) is 4.53. The van der Waals surface area contributed by atoms with Crippen molar-refractivity contribution in [3.05, 3.63) is 24.0 Å². The molecule has 3 heterocycles. The van der Waals surface area contributed by atoms with Crippen LogP contribution in [-0.4, -0.2) is 62.0 Å². The van der Waals surface area contributed by atoms with Crippen molar-refractivity contribution < 1.29 is 24.5 Å². The molecule has 0 bridgehead atoms. The first-order valence-electron chi connectivity index (χ1n) is 8.25. The number of hydrogen-bond donors (Lipinski definition) is 2. The van der Waals surface area contributed by atoms with E-state index in [1.165, 1.54) is 12.3 Å². The highest BCUT2D eigenvalue weighted by atomic mass is 16.5. The summed E-state index contributed by atoms with van der Waals surface area (Å²) in [5, 5.41) is 18.8. The summed E-state index contributed by atoms with van der Waals surface area (Å²) in [5.41, 5.74) is -0.246. The van der Waals surface area contributed by atoms with Crippen molar-refractivity contribution in [2.75, 3.05) is 13.1 Å². The molecule has 8 heteroatoms. The highest BCUT2D eigenvalue weighted by Gasteiger charge is 2.23. The molecule has 0 radical (unpaired) electrons. The number of fused-ring (bicyclic) bond motifs is 1. The molecule has 1 fully saturated rings. The summed E-state index contributed by atoms with van der Waals surface area (Å²) >= 11 is 0. The molecule has 1 aliphatic rings. The van der Waals surface area contributed by atoms with Crippen LogP contribution >= 0.6 is 0 Å². The number of nitrogens with zero attached hydrogens (tertiary/aromatic N) is 3. The molecule has 2 N–H and O–H groups in total. The van der Waals surface area contributed by atoms with Gasteiger partial charge in [0.25, 0.3) is 0 Å². The second-order valence-corrected chi connectivity index (χ2v) is 6.48. The van der Waals surface area contributed by atoms with Gasteiger partial charge in [0.15, 0.2) is 5.65 Å². The molecule has 0 unspecified atom stereocenters. The molecule has 0 saturated carbocycles. The van der Waals surface area contributed by atoms with Crippen LogP contribution in [0.2, 0.25) is 0 Å². The number of carboxylic acid groups (broad SMARTS) is 2. The highest BCUT2D eigenvalue weighted by molar-refractivity contribution is 5.99. The molecule has 2 aromatic rings. The number of piperidine rings is 1. The number of carbonyl (C=O) groups is 2. The van der Waals surface area contributed by atoms with E-state index in [9.17, 15) is 14.7 Å². The molecule has 25 heavy (non-hydrogen) atoms. The van der Waals surface area contributed by atoms with Crippen molar-refractivity contribution in [2.24, 2.45) is 0 Å². The molecular formula is C17H21N3O5. The lowest BCUT2D eigenvalue weighted by Crippen LogP contribution is -2.41. The molecule has 1 aliphatic heterocycles. The molecule has 0 aromatic carbocycles. The van der Waals surface area contributed by atoms with Gasteiger partial charge in [-0.15, -0.1) is 0 Å². The van der Waals surface area contributed by atoms with Crippen molar-refractivity contribution in [3.63, 3.8) is 0 Å². The third kappa shape index (κ3) is 3.43. The van der Waals surface area contributed by atoms with Crippen LogP contribution in [0.4, 0.5) is 4.79 Å². The second-order valence-electron chi connectivity index (χ2n) is 6.48. The Morgan fingerprint density at radius 1 is 1.24 bits per heavy atom. The Morgan fingerprint density at radius 2 is 1.92 bits per heavy atom. The van der Waals surface area contributed by atoms with E-state index in [0.29, 0.717) is 21.7 Å². The van der Waals surface area contributed by atoms with E-state index in [1.54, 1.807) is 6.07 Å². The summed E-state index contributed by atoms with van der Waals surface area (Å²) in [7, 11) is 0. The summed E-state index contributed by atoms with van der Waals surface area (Å²) in [6.45, 7) is 6.28. The number of ether oxygens (including phenoxy) is 1. The van der Waals surface area contributed by atoms with E-state index in [2.05, 4.69) is 23.7 Å². The van der Waals surface area contributed by atoms with Crippen LogP contribution in [0.15, 0.2) is 18.3 Å². The average molecular weight is 347 g/mol. The Kier molecular flexibility index (Phi) is 4.63. The van der Waals surface area contributed by atoms with Crippen molar-refractivity contribution >= 4 is 23.1 Å². The fraction of sp³-hybridized carbons (Fsp3) is 0.471. The average Bonchev–Trinajstić information content (AvgIpc) is 2.94. The molecule has 8 nitrogen and oxygen atoms in total. The SMILES string of the molecule is CC(C)N1CCC(Oc2cnc3c(c2)cc(C(=O)O)n3C(=O)O)CC1. The van der Waals surface area contributed by atoms with Gasteiger partial charge in [-0.2, -0.15) is 0 Å². The van der Waals surface area contributed by atoms with Crippen LogP contribution in [-0.2, 0) is 0 Å². The quantitative estimate of drug-likeness (QED) is 0.875. The molecule has 2 aromatic heterocycles. The summed E-state index contributed by atoms with van der Waals surface area (Å²) in [5.74, 6) is -0.793.